The van der Waals surface area contributed by atoms with Gasteiger partial charge in [0.25, 0.3) is 0 Å². The summed E-state index contributed by atoms with van der Waals surface area (Å²) in [6.45, 7) is 0. The summed E-state index contributed by atoms with van der Waals surface area (Å²) >= 11 is 1.45. The van der Waals surface area contributed by atoms with Crippen LogP contribution in [-0.2, 0) is 5.75 Å². The Morgan fingerprint density at radius 3 is 2.76 bits per heavy atom. The minimum absolute atomic E-state index is 0.287. The number of halogens is 1. The summed E-state index contributed by atoms with van der Waals surface area (Å²) in [6.07, 6.45) is 0. The molecule has 1 heterocycles. The molecule has 3 nitrogen and oxygen atoms in total. The fourth-order valence-electron chi connectivity index (χ4n) is 2.14. The van der Waals surface area contributed by atoms with E-state index in [1.807, 2.05) is 30.3 Å². The summed E-state index contributed by atoms with van der Waals surface area (Å²) < 4.78 is 14.0. The zero-order chi connectivity index (χ0) is 14.8. The molecule has 0 spiro atoms. The highest BCUT2D eigenvalue weighted by molar-refractivity contribution is 7.98. The molecule has 0 bridgehead atoms. The fourth-order valence-corrected chi connectivity index (χ4v) is 3.06. The number of aromatic carboxylic acids is 1. The van der Waals surface area contributed by atoms with Crippen molar-refractivity contribution in [3.63, 3.8) is 0 Å². The Labute approximate surface area is 124 Å². The van der Waals surface area contributed by atoms with Crippen molar-refractivity contribution in [3.8, 4) is 0 Å². The summed E-state index contributed by atoms with van der Waals surface area (Å²) in [5, 5.41) is 10.9. The predicted molar refractivity (Wildman–Crippen MR) is 81.2 cm³/mol. The van der Waals surface area contributed by atoms with E-state index in [0.29, 0.717) is 11.3 Å². The Bertz CT molecular complexity index is 780. The van der Waals surface area contributed by atoms with Crippen LogP contribution in [0.15, 0.2) is 53.6 Å². The summed E-state index contributed by atoms with van der Waals surface area (Å²) in [5.74, 6) is -1.53. The third kappa shape index (κ3) is 2.78. The molecule has 2 aromatic carbocycles. The summed E-state index contributed by atoms with van der Waals surface area (Å²) in [4.78, 5) is 14.2. The molecule has 0 aliphatic rings. The van der Waals surface area contributed by atoms with E-state index in [-0.39, 0.29) is 5.56 Å². The highest BCUT2D eigenvalue weighted by atomic mass is 32.2. The highest BCUT2D eigenvalue weighted by Gasteiger charge is 2.14. The van der Waals surface area contributed by atoms with Crippen LogP contribution in [-0.4, -0.2) is 16.1 Å². The van der Waals surface area contributed by atoms with E-state index in [2.05, 4.69) is 4.98 Å². The molecule has 21 heavy (non-hydrogen) atoms. The largest absolute Gasteiger partial charge is 0.478 e. The molecule has 0 saturated heterocycles. The lowest BCUT2D eigenvalue weighted by Gasteiger charge is -2.04. The molecule has 0 unspecified atom stereocenters. The molecular formula is C16H12FNO2S. The maximum Gasteiger partial charge on any atom is 0.338 e. The van der Waals surface area contributed by atoms with Crippen molar-refractivity contribution >= 4 is 28.6 Å². The van der Waals surface area contributed by atoms with Crippen LogP contribution in [0.1, 0.15) is 15.9 Å². The number of thioether (sulfide) groups is 1. The van der Waals surface area contributed by atoms with E-state index in [4.69, 9.17) is 5.11 Å². The third-order valence-electron chi connectivity index (χ3n) is 3.20. The van der Waals surface area contributed by atoms with E-state index in [1.54, 1.807) is 12.1 Å². The SMILES string of the molecule is O=C(O)c1cccc(CSc2cc3ccccc3[nH]2)c1F. The lowest BCUT2D eigenvalue weighted by Crippen LogP contribution is -2.02. The van der Waals surface area contributed by atoms with Gasteiger partial charge in [0.1, 0.15) is 5.82 Å². The highest BCUT2D eigenvalue weighted by Crippen LogP contribution is 2.27. The number of carbonyl (C=O) groups is 1. The lowest BCUT2D eigenvalue weighted by atomic mass is 10.1. The maximum atomic E-state index is 14.0. The van der Waals surface area contributed by atoms with E-state index in [1.165, 1.54) is 17.8 Å². The fraction of sp³-hybridized carbons (Fsp3) is 0.0625. The Kier molecular flexibility index (Phi) is 3.66. The van der Waals surface area contributed by atoms with Crippen molar-refractivity contribution in [3.05, 3.63) is 65.5 Å². The Morgan fingerprint density at radius 2 is 2.00 bits per heavy atom. The summed E-state index contributed by atoms with van der Waals surface area (Å²) in [7, 11) is 0. The average molecular weight is 301 g/mol. The number of aromatic nitrogens is 1. The minimum Gasteiger partial charge on any atom is -0.478 e. The molecule has 0 atom stereocenters. The van der Waals surface area contributed by atoms with Crippen molar-refractivity contribution < 1.29 is 14.3 Å². The van der Waals surface area contributed by atoms with Gasteiger partial charge in [0.15, 0.2) is 0 Å². The molecule has 0 amide bonds. The van der Waals surface area contributed by atoms with Crippen LogP contribution in [0.3, 0.4) is 0 Å². The number of carboxylic acid groups (broad SMARTS) is 1. The standard InChI is InChI=1S/C16H12FNO2S/c17-15-11(5-3-6-12(15)16(19)20)9-21-14-8-10-4-1-2-7-13(10)18-14/h1-8,18H,9H2,(H,19,20). The van der Waals surface area contributed by atoms with Crippen LogP contribution in [0.25, 0.3) is 10.9 Å². The molecule has 2 N–H and O–H groups in total. The van der Waals surface area contributed by atoms with Gasteiger partial charge in [-0.15, -0.1) is 11.8 Å². The van der Waals surface area contributed by atoms with Crippen LogP contribution in [0.2, 0.25) is 0 Å². The molecule has 106 valence electrons. The van der Waals surface area contributed by atoms with Crippen LogP contribution >= 0.6 is 11.8 Å². The summed E-state index contributed by atoms with van der Waals surface area (Å²) in [5.41, 5.74) is 1.13. The van der Waals surface area contributed by atoms with Crippen molar-refractivity contribution in [1.29, 1.82) is 0 Å². The van der Waals surface area contributed by atoms with Crippen LogP contribution in [0, 0.1) is 5.82 Å². The van der Waals surface area contributed by atoms with Gasteiger partial charge in [-0.05, 0) is 23.8 Å². The number of para-hydroxylation sites is 1. The lowest BCUT2D eigenvalue weighted by molar-refractivity contribution is 0.0691. The maximum absolute atomic E-state index is 14.0. The van der Waals surface area contributed by atoms with Crippen molar-refractivity contribution in [2.24, 2.45) is 0 Å². The van der Waals surface area contributed by atoms with E-state index in [0.717, 1.165) is 15.9 Å². The van der Waals surface area contributed by atoms with Crippen LogP contribution in [0.5, 0.6) is 0 Å². The van der Waals surface area contributed by atoms with Gasteiger partial charge in [-0.1, -0.05) is 30.3 Å². The van der Waals surface area contributed by atoms with Crippen LogP contribution < -0.4 is 0 Å². The van der Waals surface area contributed by atoms with Crippen molar-refractivity contribution in [2.75, 3.05) is 0 Å². The third-order valence-corrected chi connectivity index (χ3v) is 4.18. The first-order valence-corrected chi connectivity index (χ1v) is 7.35. The van der Waals surface area contributed by atoms with E-state index in [9.17, 15) is 9.18 Å². The molecule has 1 aromatic heterocycles. The minimum atomic E-state index is -1.25. The second-order valence-electron chi connectivity index (χ2n) is 4.59. The first-order valence-electron chi connectivity index (χ1n) is 6.36. The molecule has 0 saturated carbocycles. The molecule has 0 aliphatic carbocycles. The number of hydrogen-bond acceptors (Lipinski definition) is 2. The number of aromatic amines is 1. The first-order chi connectivity index (χ1) is 10.1. The van der Waals surface area contributed by atoms with Gasteiger partial charge >= 0.3 is 5.97 Å². The van der Waals surface area contributed by atoms with Crippen LogP contribution in [0.4, 0.5) is 4.39 Å². The molecule has 5 heteroatoms. The van der Waals surface area contributed by atoms with Gasteiger partial charge in [-0.25, -0.2) is 9.18 Å². The quantitative estimate of drug-likeness (QED) is 0.706. The van der Waals surface area contributed by atoms with Gasteiger partial charge in [-0.2, -0.15) is 0 Å². The molecule has 3 aromatic rings. The molecule has 0 radical (unpaired) electrons. The van der Waals surface area contributed by atoms with Gasteiger partial charge < -0.3 is 10.1 Å². The smallest absolute Gasteiger partial charge is 0.338 e. The monoisotopic (exact) mass is 301 g/mol. The number of H-pyrrole nitrogens is 1. The number of benzene rings is 2. The van der Waals surface area contributed by atoms with Gasteiger partial charge in [0, 0.05) is 16.7 Å². The number of fused-ring (bicyclic) bond motifs is 1. The molecular weight excluding hydrogens is 289 g/mol. The average Bonchev–Trinajstić information content (AvgIpc) is 2.88. The topological polar surface area (TPSA) is 53.1 Å². The number of rotatable bonds is 4. The normalized spacial score (nSPS) is 10.9. The Morgan fingerprint density at radius 1 is 1.19 bits per heavy atom. The van der Waals surface area contributed by atoms with E-state index >= 15 is 0 Å². The zero-order valence-corrected chi connectivity index (χ0v) is 11.8. The van der Waals surface area contributed by atoms with Gasteiger partial charge in [0.2, 0.25) is 0 Å². The second-order valence-corrected chi connectivity index (χ2v) is 5.61. The zero-order valence-electron chi connectivity index (χ0n) is 11.0. The van der Waals surface area contributed by atoms with Gasteiger partial charge in [-0.3, -0.25) is 0 Å². The number of carboxylic acids is 1. The summed E-state index contributed by atoms with van der Waals surface area (Å²) in [6, 6.07) is 14.3. The van der Waals surface area contributed by atoms with E-state index < -0.39 is 11.8 Å². The first kappa shape index (κ1) is 13.7. The number of nitrogens with one attached hydrogen (secondary N) is 1. The molecule has 0 aliphatic heterocycles. The van der Waals surface area contributed by atoms with Gasteiger partial charge in [0.05, 0.1) is 10.6 Å². The predicted octanol–water partition coefficient (Wildman–Crippen LogP) is 4.30. The molecule has 3 rings (SSSR count). The Hall–Kier alpha value is -2.27. The molecule has 0 fully saturated rings. The second kappa shape index (κ2) is 5.61. The Balaban J connectivity index is 1.81. The van der Waals surface area contributed by atoms with Crippen molar-refractivity contribution in [1.82, 2.24) is 4.98 Å². The number of hydrogen-bond donors (Lipinski definition) is 2. The van der Waals surface area contributed by atoms with Crippen molar-refractivity contribution in [2.45, 2.75) is 10.8 Å².